The minimum absolute atomic E-state index is 0.0252. The minimum atomic E-state index is -5.67. The summed E-state index contributed by atoms with van der Waals surface area (Å²) in [5.74, 6) is 2.53. The number of carbonyl (C=O) groups excluding carboxylic acids is 2. The van der Waals surface area contributed by atoms with Crippen LogP contribution in [0.3, 0.4) is 0 Å². The number of esters is 2. The zero-order valence-corrected chi connectivity index (χ0v) is 70.8. The number of hydrogen-bond acceptors (Lipinski definition) is 9. The normalized spacial score (nSPS) is 26.4. The quantitative estimate of drug-likeness (QED) is 0.0306. The summed E-state index contributed by atoms with van der Waals surface area (Å²) in [4.78, 5) is 22.8. The van der Waals surface area contributed by atoms with Gasteiger partial charge in [0.1, 0.15) is 18.0 Å². The fourth-order valence-corrected chi connectivity index (χ4v) is 25.0. The van der Waals surface area contributed by atoms with Crippen molar-refractivity contribution in [3.8, 4) is 0 Å². The molecule has 112 heavy (non-hydrogen) atoms. The molecule has 4 fully saturated rings. The molecule has 0 aromatic heterocycles. The molecule has 0 saturated heterocycles. The van der Waals surface area contributed by atoms with Gasteiger partial charge in [0.25, 0.3) is 0 Å². The second-order valence-corrected chi connectivity index (χ2v) is 40.1. The van der Waals surface area contributed by atoms with Crippen LogP contribution in [0.2, 0.25) is 0 Å². The standard InChI is InChI=1S/C28H36O2.C22H29F3O5S.2C18H15P.C7H9BO2.2ClH.Pd/c1-18-7-5-6-8-22(18)24-11-12-25-23-10-9-20-17-21(30-19(2)29)13-15-27(20,3)26(23)14-16-28(24,25)4;1-13(26)29-15-8-10-20(2)14(12-15)4-5-16-17-6-7-19(21(17,3)11-9-18(16)20)30-31(27,28)22(23,24)25;2*1-4-10-16(11-5-1)19(17-12-6-2-7-13-17)18-14-8-3-9-15-18;1-6-4-2-3-5-7(6)8(9)10;;;/h5-9,11,21,23,25-26H,10,12-17H2,1-4H3;4,7,15-18H,5-6,8-12H2,1-3H3;2*1-15H;2-5,9-10H,1H3;2*1H;/q;;;;;;;+2/p-2/t21-,23-,25-,26-,27-,28+;15-,16-,17-,18-,20-,21-;;;;;;/m00....../s1. The first-order valence-corrected chi connectivity index (χ1v) is 47.1. The van der Waals surface area contributed by atoms with Crippen molar-refractivity contribution in [2.24, 2.45) is 57.2 Å². The maximum absolute atomic E-state index is 12.9. The van der Waals surface area contributed by atoms with Gasteiger partial charge in [-0.1, -0.05) is 293 Å². The van der Waals surface area contributed by atoms with E-state index in [1.807, 2.05) is 26.0 Å². The van der Waals surface area contributed by atoms with E-state index in [0.717, 1.165) is 68.3 Å². The van der Waals surface area contributed by atoms with Gasteiger partial charge in [-0.25, -0.2) is 0 Å². The molecule has 0 amide bonds. The Hall–Kier alpha value is -6.71. The SMILES string of the molecule is CC(=O)O[C@H]1CC[C@@]2(C)C(=CC[C@@H]3[C@@H]2CC[C@]2(C)C(OS(=O)(=O)C(F)(F)F)=CC[C@@H]32)C1.CC(=O)O[C@H]1CC[C@@]2(C)C(=CC[C@@H]3[C@@H]2CC[C@]2(C)C(c4ccccc4C)=CC[C@@H]32)C1.Cc1ccccc1B(O)O.[Cl][Pd][Cl].c1ccc(P(c2ccccc2)c2ccccc2)cc1.c1ccc(P(c2ccccc2)c2ccccc2)cc1. The van der Waals surface area contributed by atoms with Crippen molar-refractivity contribution in [2.75, 3.05) is 0 Å². The first kappa shape index (κ1) is 86.2. The fraction of sp³-hybridized carbons (Fsp3) is 0.376. The van der Waals surface area contributed by atoms with Crippen molar-refractivity contribution in [1.82, 2.24) is 0 Å². The summed E-state index contributed by atoms with van der Waals surface area (Å²) in [5.41, 5.74) is 3.30. The van der Waals surface area contributed by atoms with Crippen molar-refractivity contribution >= 4 is 107 Å². The molecule has 594 valence electrons. The Balaban J connectivity index is 0.000000143. The maximum Gasteiger partial charge on any atom is -0.0134 e. The Kier molecular flexibility index (Phi) is 29.5. The number of benzene rings is 8. The van der Waals surface area contributed by atoms with Crippen LogP contribution >= 0.6 is 34.9 Å². The third-order valence-corrected chi connectivity index (χ3v) is 31.2. The van der Waals surface area contributed by atoms with Crippen LogP contribution < -0.4 is 37.3 Å². The van der Waals surface area contributed by atoms with Crippen LogP contribution in [0.1, 0.15) is 148 Å². The van der Waals surface area contributed by atoms with Crippen LogP contribution in [-0.2, 0) is 49.3 Å². The van der Waals surface area contributed by atoms with Crippen molar-refractivity contribution < 1.29 is 70.8 Å². The molecule has 8 aliphatic carbocycles. The first-order chi connectivity index (χ1) is 53.6. The number of hydrogen-bond donors (Lipinski definition) is 2. The maximum atomic E-state index is 12.9. The number of alkyl halides is 3. The van der Waals surface area contributed by atoms with Gasteiger partial charge in [0.2, 0.25) is 0 Å². The van der Waals surface area contributed by atoms with Gasteiger partial charge < -0.3 is 23.7 Å². The molecular formula is C93H104BCl2F3O9P2PdS. The van der Waals surface area contributed by atoms with Crippen molar-refractivity contribution in [3.05, 3.63) is 288 Å². The van der Waals surface area contributed by atoms with Crippen LogP contribution in [0.4, 0.5) is 13.2 Å². The van der Waals surface area contributed by atoms with Gasteiger partial charge in [0, 0.05) is 32.1 Å². The molecule has 0 bridgehead atoms. The average Bonchev–Trinajstić information content (AvgIpc) is 1.44. The van der Waals surface area contributed by atoms with Crippen LogP contribution in [0.15, 0.2) is 272 Å². The molecule has 2 N–H and O–H groups in total. The van der Waals surface area contributed by atoms with E-state index in [1.165, 1.54) is 87.6 Å². The van der Waals surface area contributed by atoms with Crippen LogP contribution in [0, 0.1) is 71.0 Å². The summed E-state index contributed by atoms with van der Waals surface area (Å²) in [5, 5.41) is 25.9. The number of ether oxygens (including phenoxy) is 2. The number of halogens is 5. The topological polar surface area (TPSA) is 136 Å². The summed E-state index contributed by atoms with van der Waals surface area (Å²) >= 11 is -0.106. The molecule has 0 heterocycles. The van der Waals surface area contributed by atoms with Gasteiger partial charge in [-0.2, -0.15) is 21.6 Å². The molecule has 16 rings (SSSR count). The zero-order chi connectivity index (χ0) is 80.0. The fourth-order valence-electron chi connectivity index (χ4n) is 19.8. The Bertz CT molecular complexity index is 4400. The zero-order valence-electron chi connectivity index (χ0n) is 65.1. The van der Waals surface area contributed by atoms with Crippen LogP contribution in [0.5, 0.6) is 0 Å². The van der Waals surface area contributed by atoms with E-state index < -0.39 is 44.0 Å². The van der Waals surface area contributed by atoms with Crippen LogP contribution in [-0.4, -0.2) is 55.2 Å². The van der Waals surface area contributed by atoms with Gasteiger partial charge in [-0.3, -0.25) is 9.59 Å². The number of rotatable bonds is 12. The van der Waals surface area contributed by atoms with E-state index in [-0.39, 0.29) is 63.1 Å². The summed E-state index contributed by atoms with van der Waals surface area (Å²) in [6.07, 6.45) is 22.3. The second kappa shape index (κ2) is 38.4. The predicted molar refractivity (Wildman–Crippen MR) is 452 cm³/mol. The van der Waals surface area contributed by atoms with E-state index in [2.05, 4.69) is 256 Å². The smallest absolute Gasteiger partial charge is 0.0134 e. The molecule has 0 unspecified atom stereocenters. The number of fused-ring (bicyclic) bond motifs is 10. The van der Waals surface area contributed by atoms with E-state index in [0.29, 0.717) is 35.1 Å². The molecular weight excluding hydrogens is 1600 g/mol. The monoisotopic (exact) mass is 1700 g/mol. The van der Waals surface area contributed by atoms with Gasteiger partial charge in [-0.15, -0.1) is 0 Å². The first-order valence-electron chi connectivity index (χ1n) is 39.0. The van der Waals surface area contributed by atoms with Gasteiger partial charge in [0.15, 0.2) is 0 Å². The summed E-state index contributed by atoms with van der Waals surface area (Å²) in [6, 6.07) is 80.8. The molecule has 0 spiro atoms. The van der Waals surface area contributed by atoms with E-state index in [4.69, 9.17) is 38.6 Å². The number of carbonyl (C=O) groups is 2. The largest absolute Gasteiger partial charge is 0.0622 e. The summed E-state index contributed by atoms with van der Waals surface area (Å²) in [7, 11) is 1.72. The average molecular weight is 1700 g/mol. The Morgan fingerprint density at radius 1 is 0.455 bits per heavy atom. The van der Waals surface area contributed by atoms with Gasteiger partial charge in [0.05, 0.1) is 0 Å². The number of aryl methyl sites for hydroxylation is 2. The van der Waals surface area contributed by atoms with E-state index in [1.54, 1.807) is 36.3 Å². The number of allylic oxidation sites excluding steroid dienone is 6. The second-order valence-electron chi connectivity index (χ2n) is 31.8. The van der Waals surface area contributed by atoms with E-state index in [9.17, 15) is 31.2 Å². The third kappa shape index (κ3) is 19.9. The molecule has 0 aliphatic heterocycles. The minimum Gasteiger partial charge on any atom is -0.0622 e. The molecule has 8 aromatic carbocycles. The molecule has 9 nitrogen and oxygen atoms in total. The van der Waals surface area contributed by atoms with Crippen molar-refractivity contribution in [2.45, 2.75) is 163 Å². The van der Waals surface area contributed by atoms with Gasteiger partial charge >= 0.3 is 69.7 Å². The molecule has 12 atom stereocenters. The molecule has 0 radical (unpaired) electrons. The predicted octanol–water partition coefficient (Wildman–Crippen LogP) is 20.1. The molecule has 8 aliphatic rings. The summed E-state index contributed by atoms with van der Waals surface area (Å²) < 4.78 is 77.5. The molecule has 4 saturated carbocycles. The summed E-state index contributed by atoms with van der Waals surface area (Å²) in [6.45, 7) is 16.2. The van der Waals surface area contributed by atoms with E-state index >= 15 is 0 Å². The third-order valence-electron chi connectivity index (χ3n) is 25.3. The molecule has 19 heteroatoms. The Morgan fingerprint density at radius 2 is 0.786 bits per heavy atom. The Morgan fingerprint density at radius 3 is 1.13 bits per heavy atom. The van der Waals surface area contributed by atoms with Crippen molar-refractivity contribution in [1.29, 1.82) is 0 Å². The Labute approximate surface area is 681 Å². The van der Waals surface area contributed by atoms with Crippen LogP contribution in [0.25, 0.3) is 5.57 Å². The molecule has 8 aromatic rings. The van der Waals surface area contributed by atoms with Gasteiger partial charge in [-0.05, 0) is 219 Å². The van der Waals surface area contributed by atoms with Crippen molar-refractivity contribution in [3.63, 3.8) is 0 Å².